The quantitative estimate of drug-likeness (QED) is 0.566. The van der Waals surface area contributed by atoms with Crippen LogP contribution in [-0.2, 0) is 15.6 Å². The van der Waals surface area contributed by atoms with E-state index in [9.17, 15) is 4.79 Å². The van der Waals surface area contributed by atoms with Gasteiger partial charge in [0.2, 0.25) is 0 Å². The minimum Gasteiger partial charge on any atom is -0.493 e. The average Bonchev–Trinajstić information content (AvgIpc) is 3.15. The van der Waals surface area contributed by atoms with Crippen LogP contribution in [0, 0.1) is 0 Å². The molecule has 4 rings (SSSR count). The van der Waals surface area contributed by atoms with Gasteiger partial charge in [0.15, 0.2) is 11.5 Å². The number of carbonyl (C=O) groups is 1. The van der Waals surface area contributed by atoms with Crippen molar-refractivity contribution in [1.29, 1.82) is 0 Å². The standard InChI is InChI=1S/C28H35NO4/c1-27(2,3)20-9-7-8-19(16-20)26(30)33-22-12-13-28(14-15-29(4)25(28)18-22)21-10-11-23(31-5)24(17-21)32-6/h7-11,16-18,25H,12-15H2,1-6H3/t25-,28-/m0/s1. The molecule has 2 aromatic carbocycles. The fraction of sp³-hybridized carbons (Fsp3) is 0.464. The first-order valence-electron chi connectivity index (χ1n) is 11.6. The van der Waals surface area contributed by atoms with Crippen molar-refractivity contribution in [3.8, 4) is 11.5 Å². The topological polar surface area (TPSA) is 48.0 Å². The van der Waals surface area contributed by atoms with Gasteiger partial charge in [-0.15, -0.1) is 0 Å². The van der Waals surface area contributed by atoms with Crippen molar-refractivity contribution in [2.24, 2.45) is 0 Å². The Balaban J connectivity index is 1.60. The SMILES string of the molecule is COc1ccc([C@@]23CCC(OC(=O)c4cccc(C(C)(C)C)c4)=C[C@@H]2N(C)CC3)cc1OC. The van der Waals surface area contributed by atoms with Crippen LogP contribution in [-0.4, -0.2) is 44.7 Å². The van der Waals surface area contributed by atoms with Gasteiger partial charge in [-0.3, -0.25) is 4.90 Å². The number of rotatable bonds is 5. The summed E-state index contributed by atoms with van der Waals surface area (Å²) >= 11 is 0. The Bertz CT molecular complexity index is 1070. The number of hydrogen-bond acceptors (Lipinski definition) is 5. The van der Waals surface area contributed by atoms with Crippen molar-refractivity contribution in [2.45, 2.75) is 56.9 Å². The van der Waals surface area contributed by atoms with E-state index in [0.29, 0.717) is 5.56 Å². The zero-order valence-corrected chi connectivity index (χ0v) is 20.6. The molecule has 0 bridgehead atoms. The number of methoxy groups -OCH3 is 2. The van der Waals surface area contributed by atoms with Gasteiger partial charge >= 0.3 is 5.97 Å². The molecule has 2 atom stereocenters. The molecule has 0 radical (unpaired) electrons. The molecule has 0 aromatic heterocycles. The Kier molecular flexibility index (Phi) is 6.28. The van der Waals surface area contributed by atoms with Gasteiger partial charge in [-0.1, -0.05) is 39.0 Å². The van der Waals surface area contributed by atoms with Crippen LogP contribution in [0.5, 0.6) is 11.5 Å². The average molecular weight is 450 g/mol. The normalized spacial score (nSPS) is 23.0. The maximum atomic E-state index is 13.0. The molecule has 5 heteroatoms. The largest absolute Gasteiger partial charge is 0.493 e. The van der Waals surface area contributed by atoms with Gasteiger partial charge < -0.3 is 14.2 Å². The Morgan fingerprint density at radius 3 is 2.48 bits per heavy atom. The van der Waals surface area contributed by atoms with Crippen LogP contribution in [0.15, 0.2) is 54.3 Å². The number of ether oxygens (including phenoxy) is 3. The van der Waals surface area contributed by atoms with Crippen LogP contribution in [0.1, 0.15) is 61.5 Å². The maximum absolute atomic E-state index is 13.0. The summed E-state index contributed by atoms with van der Waals surface area (Å²) in [6.07, 6.45) is 4.84. The summed E-state index contributed by atoms with van der Waals surface area (Å²) in [7, 11) is 5.47. The molecule has 0 N–H and O–H groups in total. The van der Waals surface area contributed by atoms with E-state index in [0.717, 1.165) is 48.6 Å². The van der Waals surface area contributed by atoms with Crippen molar-refractivity contribution in [1.82, 2.24) is 4.90 Å². The Hall–Kier alpha value is -2.79. The van der Waals surface area contributed by atoms with Gasteiger partial charge in [-0.05, 0) is 73.3 Å². The fourth-order valence-electron chi connectivity index (χ4n) is 5.23. The van der Waals surface area contributed by atoms with E-state index in [1.165, 1.54) is 5.56 Å². The zero-order chi connectivity index (χ0) is 23.8. The van der Waals surface area contributed by atoms with Crippen LogP contribution in [0.25, 0.3) is 0 Å². The lowest BCUT2D eigenvalue weighted by molar-refractivity contribution is 0.0593. The van der Waals surface area contributed by atoms with Crippen molar-refractivity contribution >= 4 is 5.97 Å². The lowest BCUT2D eigenvalue weighted by Gasteiger charge is -2.40. The second-order valence-electron chi connectivity index (χ2n) is 10.3. The van der Waals surface area contributed by atoms with Crippen LogP contribution in [0.3, 0.4) is 0 Å². The van der Waals surface area contributed by atoms with E-state index in [-0.39, 0.29) is 22.8 Å². The molecule has 2 aromatic rings. The number of fused-ring (bicyclic) bond motifs is 1. The molecule has 2 aliphatic rings. The first kappa shape index (κ1) is 23.4. The molecular weight excluding hydrogens is 414 g/mol. The first-order valence-corrected chi connectivity index (χ1v) is 11.6. The molecule has 1 saturated heterocycles. The summed E-state index contributed by atoms with van der Waals surface area (Å²) in [5.74, 6) is 1.96. The van der Waals surface area contributed by atoms with E-state index in [2.05, 4.69) is 57.0 Å². The summed E-state index contributed by atoms with van der Waals surface area (Å²) in [4.78, 5) is 15.3. The number of hydrogen-bond donors (Lipinski definition) is 0. The van der Waals surface area contributed by atoms with Gasteiger partial charge in [0.25, 0.3) is 0 Å². The summed E-state index contributed by atoms with van der Waals surface area (Å²) < 4.78 is 16.9. The Morgan fingerprint density at radius 1 is 1.03 bits per heavy atom. The molecule has 0 saturated carbocycles. The summed E-state index contributed by atoms with van der Waals surface area (Å²) in [5.41, 5.74) is 2.91. The minimum atomic E-state index is -0.286. The van der Waals surface area contributed by atoms with Crippen molar-refractivity contribution in [2.75, 3.05) is 27.8 Å². The zero-order valence-electron chi connectivity index (χ0n) is 20.6. The van der Waals surface area contributed by atoms with E-state index in [1.54, 1.807) is 14.2 Å². The molecule has 33 heavy (non-hydrogen) atoms. The highest BCUT2D eigenvalue weighted by Gasteiger charge is 2.48. The molecule has 1 fully saturated rings. The third kappa shape index (κ3) is 4.39. The number of likely N-dealkylation sites (N-methyl/N-ethyl adjacent to an activating group) is 1. The highest BCUT2D eigenvalue weighted by molar-refractivity contribution is 5.90. The molecule has 1 aliphatic carbocycles. The predicted molar refractivity (Wildman–Crippen MR) is 130 cm³/mol. The van der Waals surface area contributed by atoms with Crippen molar-refractivity contribution in [3.63, 3.8) is 0 Å². The van der Waals surface area contributed by atoms with Gasteiger partial charge in [0.1, 0.15) is 5.76 Å². The highest BCUT2D eigenvalue weighted by Crippen LogP contribution is 2.49. The number of likely N-dealkylation sites (tertiary alicyclic amines) is 1. The van der Waals surface area contributed by atoms with Gasteiger partial charge in [-0.2, -0.15) is 0 Å². The second kappa shape index (κ2) is 8.86. The summed E-state index contributed by atoms with van der Waals surface area (Å²) in [6.45, 7) is 7.42. The van der Waals surface area contributed by atoms with E-state index < -0.39 is 0 Å². The van der Waals surface area contributed by atoms with E-state index in [4.69, 9.17) is 14.2 Å². The number of allylic oxidation sites excluding steroid dienone is 1. The number of carbonyl (C=O) groups excluding carboxylic acids is 1. The molecule has 0 amide bonds. The molecule has 176 valence electrons. The summed E-state index contributed by atoms with van der Waals surface area (Å²) in [6, 6.07) is 14.2. The smallest absolute Gasteiger partial charge is 0.343 e. The fourth-order valence-corrected chi connectivity index (χ4v) is 5.23. The van der Waals surface area contributed by atoms with Gasteiger partial charge in [0, 0.05) is 17.9 Å². The second-order valence-corrected chi connectivity index (χ2v) is 10.3. The molecule has 1 aliphatic heterocycles. The molecule has 0 unspecified atom stereocenters. The third-order valence-electron chi connectivity index (χ3n) is 7.26. The molecular formula is C28H35NO4. The third-order valence-corrected chi connectivity index (χ3v) is 7.26. The Labute approximate surface area is 197 Å². The molecule has 5 nitrogen and oxygen atoms in total. The van der Waals surface area contributed by atoms with Gasteiger partial charge in [-0.25, -0.2) is 4.79 Å². The monoisotopic (exact) mass is 449 g/mol. The lowest BCUT2D eigenvalue weighted by Crippen LogP contribution is -2.42. The molecule has 1 heterocycles. The van der Waals surface area contributed by atoms with Crippen LogP contribution >= 0.6 is 0 Å². The Morgan fingerprint density at radius 2 is 1.79 bits per heavy atom. The van der Waals surface area contributed by atoms with Crippen LogP contribution in [0.2, 0.25) is 0 Å². The number of nitrogens with zero attached hydrogens (tertiary/aromatic N) is 1. The number of benzene rings is 2. The first-order chi connectivity index (χ1) is 15.7. The predicted octanol–water partition coefficient (Wildman–Crippen LogP) is 5.48. The van der Waals surface area contributed by atoms with Crippen molar-refractivity contribution in [3.05, 3.63) is 71.0 Å². The van der Waals surface area contributed by atoms with Crippen LogP contribution < -0.4 is 9.47 Å². The number of esters is 1. The minimum absolute atomic E-state index is 0.0218. The highest BCUT2D eigenvalue weighted by atomic mass is 16.5. The lowest BCUT2D eigenvalue weighted by atomic mass is 9.68. The van der Waals surface area contributed by atoms with E-state index in [1.807, 2.05) is 24.3 Å². The van der Waals surface area contributed by atoms with E-state index >= 15 is 0 Å². The van der Waals surface area contributed by atoms with Crippen molar-refractivity contribution < 1.29 is 19.0 Å². The maximum Gasteiger partial charge on any atom is 0.343 e. The van der Waals surface area contributed by atoms with Crippen LogP contribution in [0.4, 0.5) is 0 Å². The summed E-state index contributed by atoms with van der Waals surface area (Å²) in [5, 5.41) is 0. The van der Waals surface area contributed by atoms with Gasteiger partial charge in [0.05, 0.1) is 19.8 Å². The molecule has 0 spiro atoms.